The van der Waals surface area contributed by atoms with Crippen molar-refractivity contribution in [1.82, 2.24) is 5.09 Å². The van der Waals surface area contributed by atoms with E-state index in [1.165, 1.54) is 30.4 Å². The van der Waals surface area contributed by atoms with E-state index in [9.17, 15) is 19.3 Å². The Hall–Kier alpha value is -2.21. The van der Waals surface area contributed by atoms with Gasteiger partial charge in [-0.1, -0.05) is 25.1 Å². The minimum Gasteiger partial charge on any atom is -0.508 e. The highest BCUT2D eigenvalue weighted by atomic mass is 31.2. The molecule has 23 heavy (non-hydrogen) atoms. The summed E-state index contributed by atoms with van der Waals surface area (Å²) in [5.41, 5.74) is 0.465. The number of phenols is 1. The second-order valence-corrected chi connectivity index (χ2v) is 6.50. The van der Waals surface area contributed by atoms with Gasteiger partial charge in [-0.05, 0) is 29.8 Å². The largest absolute Gasteiger partial charge is 0.508 e. The summed E-state index contributed by atoms with van der Waals surface area (Å²) in [4.78, 5) is 42.7. The molecule has 122 valence electrons. The average molecular weight is 337 g/mol. The summed E-state index contributed by atoms with van der Waals surface area (Å²) in [6.45, 7) is 1.59. The Balaban J connectivity index is 2.29. The Morgan fingerprint density at radius 3 is 2.43 bits per heavy atom. The standard InChI is InChI=1S/C15H16NO6P/c1-9(10-5-7-11(17)8-6-10)15(19)14-12(16-23(20,21)22)3-2-4-13(14)18/h2-9,14,17H,1H3,(H3,16,20,21,22). The van der Waals surface area contributed by atoms with Crippen molar-refractivity contribution in [2.24, 2.45) is 5.92 Å². The molecule has 1 aliphatic carbocycles. The van der Waals surface area contributed by atoms with Crippen molar-refractivity contribution in [2.45, 2.75) is 12.8 Å². The van der Waals surface area contributed by atoms with Gasteiger partial charge in [-0.25, -0.2) is 4.57 Å². The van der Waals surface area contributed by atoms with Crippen LogP contribution in [0.1, 0.15) is 18.4 Å². The van der Waals surface area contributed by atoms with Gasteiger partial charge >= 0.3 is 7.75 Å². The van der Waals surface area contributed by atoms with E-state index in [0.29, 0.717) is 5.56 Å². The molecule has 1 aliphatic rings. The van der Waals surface area contributed by atoms with Gasteiger partial charge in [0.25, 0.3) is 0 Å². The van der Waals surface area contributed by atoms with Crippen LogP contribution >= 0.6 is 7.75 Å². The normalized spacial score (nSPS) is 19.2. The molecule has 0 bridgehead atoms. The van der Waals surface area contributed by atoms with Gasteiger partial charge in [0.2, 0.25) is 0 Å². The number of rotatable bonds is 5. The summed E-state index contributed by atoms with van der Waals surface area (Å²) >= 11 is 0. The van der Waals surface area contributed by atoms with E-state index >= 15 is 0 Å². The van der Waals surface area contributed by atoms with E-state index in [1.807, 2.05) is 5.09 Å². The Kier molecular flexibility index (Phi) is 4.85. The molecule has 8 heteroatoms. The second-order valence-electron chi connectivity index (χ2n) is 5.19. The molecule has 7 nitrogen and oxygen atoms in total. The van der Waals surface area contributed by atoms with E-state index in [4.69, 9.17) is 9.79 Å². The number of nitrogens with one attached hydrogen (secondary N) is 1. The molecular formula is C15H16NO6P. The summed E-state index contributed by atoms with van der Waals surface area (Å²) in [5.74, 6) is -2.96. The molecule has 4 N–H and O–H groups in total. The van der Waals surface area contributed by atoms with Gasteiger partial charge in [0.1, 0.15) is 11.7 Å². The molecule has 0 spiro atoms. The molecule has 0 amide bonds. The highest BCUT2D eigenvalue weighted by Gasteiger charge is 2.36. The first-order chi connectivity index (χ1) is 10.7. The molecule has 1 aromatic carbocycles. The molecule has 2 unspecified atom stereocenters. The van der Waals surface area contributed by atoms with Crippen LogP contribution in [0.5, 0.6) is 5.75 Å². The van der Waals surface area contributed by atoms with Crippen molar-refractivity contribution >= 4 is 19.3 Å². The van der Waals surface area contributed by atoms with E-state index in [-0.39, 0.29) is 11.4 Å². The number of carbonyl (C=O) groups excluding carboxylic acids is 2. The molecule has 2 rings (SSSR count). The molecule has 0 saturated carbocycles. The number of hydrogen-bond donors (Lipinski definition) is 4. The molecule has 0 fully saturated rings. The number of aromatic hydroxyl groups is 1. The third kappa shape index (κ3) is 4.16. The first kappa shape index (κ1) is 17.1. The lowest BCUT2D eigenvalue weighted by Gasteiger charge is -2.24. The van der Waals surface area contributed by atoms with E-state index in [2.05, 4.69) is 0 Å². The van der Waals surface area contributed by atoms with Crippen molar-refractivity contribution in [2.75, 3.05) is 0 Å². The Labute approximate surface area is 132 Å². The summed E-state index contributed by atoms with van der Waals surface area (Å²) in [5, 5.41) is 11.2. The second kappa shape index (κ2) is 6.50. The zero-order valence-corrected chi connectivity index (χ0v) is 13.1. The van der Waals surface area contributed by atoms with Gasteiger partial charge < -0.3 is 14.9 Å². The fourth-order valence-corrected chi connectivity index (χ4v) is 2.87. The number of allylic oxidation sites excluding steroid dienone is 4. The van der Waals surface area contributed by atoms with Crippen LogP contribution in [0.15, 0.2) is 48.2 Å². The molecule has 0 heterocycles. The van der Waals surface area contributed by atoms with Crippen LogP contribution in [0.4, 0.5) is 0 Å². The maximum Gasteiger partial charge on any atom is 0.427 e. The lowest BCUT2D eigenvalue weighted by atomic mass is 9.83. The van der Waals surface area contributed by atoms with Gasteiger partial charge in [-0.2, -0.15) is 0 Å². The molecule has 0 aromatic heterocycles. The van der Waals surface area contributed by atoms with Gasteiger partial charge in [0.15, 0.2) is 11.6 Å². The van der Waals surface area contributed by atoms with E-state index in [0.717, 1.165) is 0 Å². The average Bonchev–Trinajstić information content (AvgIpc) is 2.45. The number of ketones is 2. The third-order valence-electron chi connectivity index (χ3n) is 3.51. The number of phenolic OH excluding ortho intramolecular Hbond substituents is 1. The van der Waals surface area contributed by atoms with Crippen molar-refractivity contribution < 1.29 is 29.0 Å². The predicted molar refractivity (Wildman–Crippen MR) is 82.4 cm³/mol. The van der Waals surface area contributed by atoms with Crippen LogP contribution in [0.2, 0.25) is 0 Å². The number of carbonyl (C=O) groups is 2. The number of benzene rings is 1. The van der Waals surface area contributed by atoms with Crippen LogP contribution in [0, 0.1) is 5.92 Å². The van der Waals surface area contributed by atoms with Crippen molar-refractivity contribution in [3.8, 4) is 5.75 Å². The quantitative estimate of drug-likeness (QED) is 0.473. The fraction of sp³-hybridized carbons (Fsp3) is 0.200. The minimum absolute atomic E-state index is 0.0498. The van der Waals surface area contributed by atoms with Crippen molar-refractivity contribution in [3.05, 3.63) is 53.8 Å². The summed E-state index contributed by atoms with van der Waals surface area (Å²) in [7, 11) is -4.64. The smallest absolute Gasteiger partial charge is 0.427 e. The van der Waals surface area contributed by atoms with Crippen LogP contribution in [-0.2, 0) is 14.2 Å². The van der Waals surface area contributed by atoms with E-state index < -0.39 is 31.1 Å². The molecule has 0 saturated heterocycles. The maximum atomic E-state index is 12.6. The number of Topliss-reactive ketones (excluding diaryl/α,β-unsaturated/α-hetero) is 1. The van der Waals surface area contributed by atoms with Gasteiger partial charge in [-0.3, -0.25) is 14.7 Å². The Morgan fingerprint density at radius 2 is 1.87 bits per heavy atom. The van der Waals surface area contributed by atoms with Gasteiger partial charge in [0, 0.05) is 11.6 Å². The Bertz CT molecular complexity index is 731. The zero-order valence-electron chi connectivity index (χ0n) is 12.2. The molecular weight excluding hydrogens is 321 g/mol. The van der Waals surface area contributed by atoms with Crippen LogP contribution in [-0.4, -0.2) is 26.5 Å². The SMILES string of the molecule is CC(C(=O)C1C(=O)C=CC=C1NP(=O)(O)O)c1ccc(O)cc1. The number of hydrogen-bond acceptors (Lipinski definition) is 4. The lowest BCUT2D eigenvalue weighted by molar-refractivity contribution is -0.129. The topological polar surface area (TPSA) is 124 Å². The predicted octanol–water partition coefficient (Wildman–Crippen LogP) is 1.39. The first-order valence-electron chi connectivity index (χ1n) is 6.77. The Morgan fingerprint density at radius 1 is 1.26 bits per heavy atom. The van der Waals surface area contributed by atoms with Gasteiger partial charge in [-0.15, -0.1) is 0 Å². The van der Waals surface area contributed by atoms with Crippen molar-refractivity contribution in [1.29, 1.82) is 0 Å². The zero-order chi connectivity index (χ0) is 17.2. The summed E-state index contributed by atoms with van der Waals surface area (Å²) in [6.07, 6.45) is 3.82. The monoisotopic (exact) mass is 337 g/mol. The fourth-order valence-electron chi connectivity index (χ4n) is 2.33. The maximum absolute atomic E-state index is 12.6. The van der Waals surface area contributed by atoms with Crippen LogP contribution in [0.25, 0.3) is 0 Å². The highest BCUT2D eigenvalue weighted by Crippen LogP contribution is 2.35. The third-order valence-corrected chi connectivity index (χ3v) is 4.06. The molecule has 0 aliphatic heterocycles. The van der Waals surface area contributed by atoms with Crippen LogP contribution < -0.4 is 5.09 Å². The first-order valence-corrected chi connectivity index (χ1v) is 8.39. The van der Waals surface area contributed by atoms with Gasteiger partial charge in [0.05, 0.1) is 0 Å². The lowest BCUT2D eigenvalue weighted by Crippen LogP contribution is -2.34. The summed E-state index contributed by atoms with van der Waals surface area (Å²) < 4.78 is 11.1. The van der Waals surface area contributed by atoms with Crippen molar-refractivity contribution in [3.63, 3.8) is 0 Å². The molecule has 2 atom stereocenters. The van der Waals surface area contributed by atoms with E-state index in [1.54, 1.807) is 19.1 Å². The molecule has 0 radical (unpaired) electrons. The molecule has 1 aromatic rings. The van der Waals surface area contributed by atoms with Crippen LogP contribution in [0.3, 0.4) is 0 Å². The minimum atomic E-state index is -4.64. The summed E-state index contributed by atoms with van der Waals surface area (Å²) in [6, 6.07) is 5.96. The highest BCUT2D eigenvalue weighted by molar-refractivity contribution is 7.49.